The van der Waals surface area contributed by atoms with Gasteiger partial charge in [-0.15, -0.1) is 0 Å². The first-order chi connectivity index (χ1) is 28.5. The van der Waals surface area contributed by atoms with Crippen LogP contribution in [0.4, 0.5) is 0 Å². The fourth-order valence-electron chi connectivity index (χ4n) is 6.41. The number of esters is 2. The lowest BCUT2D eigenvalue weighted by Gasteiger charge is -2.28. The molecule has 0 fully saturated rings. The highest BCUT2D eigenvalue weighted by molar-refractivity contribution is 7.45. The van der Waals surface area contributed by atoms with Gasteiger partial charge in [0.1, 0.15) is 19.8 Å². The van der Waals surface area contributed by atoms with Crippen molar-refractivity contribution in [2.45, 2.75) is 206 Å². The van der Waals surface area contributed by atoms with Crippen molar-refractivity contribution in [2.75, 3.05) is 47.5 Å². The van der Waals surface area contributed by atoms with Crippen molar-refractivity contribution in [3.63, 3.8) is 0 Å². The molecule has 59 heavy (non-hydrogen) atoms. The average Bonchev–Trinajstić information content (AvgIpc) is 3.19. The van der Waals surface area contributed by atoms with Gasteiger partial charge in [-0.05, 0) is 51.4 Å². The second-order valence-corrected chi connectivity index (χ2v) is 18.5. The maximum absolute atomic E-state index is 12.7. The van der Waals surface area contributed by atoms with Gasteiger partial charge >= 0.3 is 11.9 Å². The molecule has 10 heteroatoms. The molecule has 0 N–H and O–H groups in total. The van der Waals surface area contributed by atoms with Crippen LogP contribution in [0.5, 0.6) is 0 Å². The van der Waals surface area contributed by atoms with Crippen LogP contribution >= 0.6 is 7.82 Å². The number of carbonyl (C=O) groups excluding carboxylic acids is 2. The van der Waals surface area contributed by atoms with Crippen molar-refractivity contribution >= 4 is 19.8 Å². The standard InChI is InChI=1S/C49H90NO8P/c1-6-8-10-12-14-16-18-20-22-23-24-25-26-28-29-31-33-35-37-39-41-48(51)55-45-47(46-57-59(53,54)56-44-43-50(3,4)5)58-49(52)42-40-38-36-34-32-30-27-21-19-17-15-13-11-9-7-2/h9,11,15,17,21,27,32,34,47H,6-8,10,12-14,16,18-20,22-26,28-31,33,35-46H2,1-5H3/b11-9-,17-15-,27-21-,34-32-. The van der Waals surface area contributed by atoms with Crippen LogP contribution in [-0.4, -0.2) is 70.0 Å². The van der Waals surface area contributed by atoms with Crippen LogP contribution in [0.15, 0.2) is 48.6 Å². The molecule has 0 saturated heterocycles. The predicted octanol–water partition coefficient (Wildman–Crippen LogP) is 13.2. The Morgan fingerprint density at radius 3 is 1.44 bits per heavy atom. The molecule has 0 aliphatic carbocycles. The largest absolute Gasteiger partial charge is 0.756 e. The Morgan fingerprint density at radius 2 is 0.966 bits per heavy atom. The Balaban J connectivity index is 4.31. The molecule has 0 aliphatic rings. The number of rotatable bonds is 43. The molecule has 0 aliphatic heterocycles. The zero-order chi connectivity index (χ0) is 43.6. The molecule has 0 aromatic heterocycles. The Morgan fingerprint density at radius 1 is 0.542 bits per heavy atom. The molecule has 0 aromatic rings. The van der Waals surface area contributed by atoms with Crippen LogP contribution in [-0.2, 0) is 32.7 Å². The summed E-state index contributed by atoms with van der Waals surface area (Å²) in [5, 5.41) is 0. The summed E-state index contributed by atoms with van der Waals surface area (Å²) in [6.45, 7) is 4.08. The minimum atomic E-state index is -4.64. The minimum Gasteiger partial charge on any atom is -0.756 e. The van der Waals surface area contributed by atoms with E-state index in [1.807, 2.05) is 21.1 Å². The van der Waals surface area contributed by atoms with Gasteiger partial charge < -0.3 is 27.9 Å². The first-order valence-corrected chi connectivity index (χ1v) is 25.3. The monoisotopic (exact) mass is 852 g/mol. The lowest BCUT2D eigenvalue weighted by molar-refractivity contribution is -0.870. The van der Waals surface area contributed by atoms with Crippen molar-refractivity contribution in [1.82, 2.24) is 0 Å². The maximum Gasteiger partial charge on any atom is 0.306 e. The summed E-state index contributed by atoms with van der Waals surface area (Å²) >= 11 is 0. The topological polar surface area (TPSA) is 111 Å². The van der Waals surface area contributed by atoms with Gasteiger partial charge in [0.2, 0.25) is 0 Å². The molecule has 0 spiro atoms. The van der Waals surface area contributed by atoms with Gasteiger partial charge in [-0.25, -0.2) is 0 Å². The van der Waals surface area contributed by atoms with E-state index in [-0.39, 0.29) is 26.1 Å². The fraction of sp³-hybridized carbons (Fsp3) is 0.796. The van der Waals surface area contributed by atoms with Crippen LogP contribution in [0.2, 0.25) is 0 Å². The number of ether oxygens (including phenoxy) is 2. The second kappa shape index (κ2) is 41.3. The van der Waals surface area contributed by atoms with Crippen LogP contribution in [0.25, 0.3) is 0 Å². The van der Waals surface area contributed by atoms with E-state index in [1.54, 1.807) is 0 Å². The van der Waals surface area contributed by atoms with Gasteiger partial charge in [0.05, 0.1) is 27.7 Å². The first kappa shape index (κ1) is 57.0. The summed E-state index contributed by atoms with van der Waals surface area (Å²) in [4.78, 5) is 37.6. The van der Waals surface area contributed by atoms with E-state index in [2.05, 4.69) is 62.5 Å². The molecule has 0 amide bonds. The zero-order valence-corrected chi connectivity index (χ0v) is 39.6. The van der Waals surface area contributed by atoms with E-state index in [9.17, 15) is 19.0 Å². The van der Waals surface area contributed by atoms with Gasteiger partial charge in [0.25, 0.3) is 7.82 Å². The molecule has 9 nitrogen and oxygen atoms in total. The van der Waals surface area contributed by atoms with E-state index in [4.69, 9.17) is 18.5 Å². The number of nitrogens with zero attached hydrogens (tertiary/aromatic N) is 1. The number of phosphoric ester groups is 1. The lowest BCUT2D eigenvalue weighted by Crippen LogP contribution is -2.37. The van der Waals surface area contributed by atoms with E-state index in [0.29, 0.717) is 17.4 Å². The maximum atomic E-state index is 12.7. The molecule has 344 valence electrons. The third kappa shape index (κ3) is 45.3. The Labute approximate surface area is 363 Å². The van der Waals surface area contributed by atoms with Crippen molar-refractivity contribution in [3.8, 4) is 0 Å². The van der Waals surface area contributed by atoms with Crippen LogP contribution in [0, 0.1) is 0 Å². The van der Waals surface area contributed by atoms with Crippen molar-refractivity contribution in [2.24, 2.45) is 0 Å². The quantitative estimate of drug-likeness (QED) is 0.0196. The lowest BCUT2D eigenvalue weighted by atomic mass is 10.0. The molecule has 0 radical (unpaired) electrons. The van der Waals surface area contributed by atoms with Gasteiger partial charge in [0.15, 0.2) is 6.10 Å². The molecular weight excluding hydrogens is 762 g/mol. The smallest absolute Gasteiger partial charge is 0.306 e. The summed E-state index contributed by atoms with van der Waals surface area (Å²) in [5.41, 5.74) is 0. The number of allylic oxidation sites excluding steroid dienone is 8. The van der Waals surface area contributed by atoms with Crippen LogP contribution in [0.1, 0.15) is 200 Å². The summed E-state index contributed by atoms with van der Waals surface area (Å²) in [7, 11) is 1.14. The summed E-state index contributed by atoms with van der Waals surface area (Å²) in [6, 6.07) is 0. The number of hydrogen-bond acceptors (Lipinski definition) is 8. The molecule has 0 bridgehead atoms. The third-order valence-electron chi connectivity index (χ3n) is 10.1. The molecular formula is C49H90NO8P. The van der Waals surface area contributed by atoms with Crippen LogP contribution < -0.4 is 4.89 Å². The predicted molar refractivity (Wildman–Crippen MR) is 245 cm³/mol. The number of carbonyl (C=O) groups is 2. The first-order valence-electron chi connectivity index (χ1n) is 23.8. The van der Waals surface area contributed by atoms with Gasteiger partial charge in [-0.2, -0.15) is 0 Å². The van der Waals surface area contributed by atoms with Crippen molar-refractivity contribution in [3.05, 3.63) is 48.6 Å². The number of unbranched alkanes of at least 4 members (excludes halogenated alkanes) is 21. The molecule has 0 rings (SSSR count). The van der Waals surface area contributed by atoms with E-state index >= 15 is 0 Å². The van der Waals surface area contributed by atoms with Crippen molar-refractivity contribution in [1.29, 1.82) is 0 Å². The van der Waals surface area contributed by atoms with E-state index in [0.717, 1.165) is 57.8 Å². The van der Waals surface area contributed by atoms with Gasteiger partial charge in [-0.1, -0.05) is 184 Å². The van der Waals surface area contributed by atoms with Crippen molar-refractivity contribution < 1.29 is 42.1 Å². The van der Waals surface area contributed by atoms with E-state index < -0.39 is 32.5 Å². The highest BCUT2D eigenvalue weighted by atomic mass is 31.2. The number of phosphoric acid groups is 1. The van der Waals surface area contributed by atoms with Gasteiger partial charge in [0, 0.05) is 12.8 Å². The molecule has 2 unspecified atom stereocenters. The Kier molecular flexibility index (Phi) is 39.9. The third-order valence-corrected chi connectivity index (χ3v) is 11.1. The summed E-state index contributed by atoms with van der Waals surface area (Å²) < 4.78 is 33.9. The zero-order valence-electron chi connectivity index (χ0n) is 38.7. The Bertz CT molecular complexity index is 1150. The van der Waals surface area contributed by atoms with E-state index in [1.165, 1.54) is 109 Å². The number of quaternary nitrogens is 1. The highest BCUT2D eigenvalue weighted by Gasteiger charge is 2.21. The normalized spacial score (nSPS) is 13.9. The highest BCUT2D eigenvalue weighted by Crippen LogP contribution is 2.38. The molecule has 0 aromatic carbocycles. The molecule has 0 saturated carbocycles. The second-order valence-electron chi connectivity index (χ2n) is 17.1. The Hall–Kier alpha value is -2.03. The number of likely N-dealkylation sites (N-methyl/N-ethyl adjacent to an activating group) is 1. The molecule has 2 atom stereocenters. The van der Waals surface area contributed by atoms with Crippen LogP contribution in [0.3, 0.4) is 0 Å². The summed E-state index contributed by atoms with van der Waals surface area (Å²) in [6.07, 6.45) is 48.6. The molecule has 0 heterocycles. The van der Waals surface area contributed by atoms with Gasteiger partial charge in [-0.3, -0.25) is 14.2 Å². The fourth-order valence-corrected chi connectivity index (χ4v) is 7.14. The number of hydrogen-bond donors (Lipinski definition) is 0. The minimum absolute atomic E-state index is 0.0392. The average molecular weight is 852 g/mol. The summed E-state index contributed by atoms with van der Waals surface area (Å²) in [5.74, 6) is -0.878. The SMILES string of the molecule is CC/C=C\C/C=C\C/C=C\C/C=C\CCCCC(=O)OC(COC(=O)CCCCCCCCCCCCCCCCCCCCCC)COP(=O)([O-])OCC[N+](C)(C)C.